The van der Waals surface area contributed by atoms with Crippen molar-refractivity contribution in [2.75, 3.05) is 4.90 Å². The van der Waals surface area contributed by atoms with Crippen LogP contribution in [0.4, 0.5) is 5.69 Å². The molecule has 1 saturated heterocycles. The Morgan fingerprint density at radius 2 is 1.67 bits per heavy atom. The topological polar surface area (TPSA) is 63.4 Å². The van der Waals surface area contributed by atoms with Crippen molar-refractivity contribution >= 4 is 34.7 Å². The summed E-state index contributed by atoms with van der Waals surface area (Å²) in [7, 11) is 0. The number of carbonyl (C=O) groups is 2. The smallest absolute Gasteiger partial charge is 0.233 e. The maximum atomic E-state index is 12.0. The third-order valence-corrected chi connectivity index (χ3v) is 3.16. The molecule has 0 bridgehead atoms. The molecular weight excluding hydrogens is 248 g/mol. The second-order valence-electron chi connectivity index (χ2n) is 4.21. The molecule has 0 atom stereocenters. The van der Waals surface area contributed by atoms with Crippen LogP contribution < -0.4 is 10.6 Å². The summed E-state index contributed by atoms with van der Waals surface area (Å²) in [4.78, 5) is 25.5. The molecule has 0 spiro atoms. The number of carbonyl (C=O) groups excluding carboxylic acids is 2. The van der Waals surface area contributed by atoms with Crippen molar-refractivity contribution in [1.82, 2.24) is 0 Å². The molecule has 0 aromatic heterocycles. The molecule has 1 heterocycles. The SMILES string of the molecule is NC(=S)c1ccccc1N1C(=O)CCCCC1=O. The number of hydrogen-bond donors (Lipinski definition) is 1. The maximum absolute atomic E-state index is 12.0. The standard InChI is InChI=1S/C13H14N2O2S/c14-13(18)9-5-1-2-6-10(9)15-11(16)7-3-4-8-12(15)17/h1-2,5-6H,3-4,7-8H2,(H2,14,18). The summed E-state index contributed by atoms with van der Waals surface area (Å²) in [5.41, 5.74) is 6.70. The highest BCUT2D eigenvalue weighted by Crippen LogP contribution is 2.25. The molecule has 2 amide bonds. The van der Waals surface area contributed by atoms with Gasteiger partial charge in [0.1, 0.15) is 4.99 Å². The first kappa shape index (κ1) is 12.7. The highest BCUT2D eigenvalue weighted by atomic mass is 32.1. The number of imide groups is 1. The van der Waals surface area contributed by atoms with Gasteiger partial charge in [0.25, 0.3) is 0 Å². The van der Waals surface area contributed by atoms with Gasteiger partial charge in [0, 0.05) is 18.4 Å². The first-order valence-corrected chi connectivity index (χ1v) is 6.26. The number of benzene rings is 1. The monoisotopic (exact) mass is 262 g/mol. The van der Waals surface area contributed by atoms with Gasteiger partial charge in [0.2, 0.25) is 11.8 Å². The van der Waals surface area contributed by atoms with Crippen LogP contribution in [-0.2, 0) is 9.59 Å². The van der Waals surface area contributed by atoms with E-state index in [4.69, 9.17) is 18.0 Å². The molecule has 0 radical (unpaired) electrons. The molecule has 0 unspecified atom stereocenters. The summed E-state index contributed by atoms with van der Waals surface area (Å²) in [5, 5.41) is 0. The Kier molecular flexibility index (Phi) is 3.72. The zero-order valence-corrected chi connectivity index (χ0v) is 10.7. The van der Waals surface area contributed by atoms with E-state index in [0.29, 0.717) is 24.1 Å². The van der Waals surface area contributed by atoms with E-state index in [1.807, 2.05) is 0 Å². The second kappa shape index (κ2) is 5.27. The van der Waals surface area contributed by atoms with E-state index in [2.05, 4.69) is 0 Å². The number of rotatable bonds is 2. The summed E-state index contributed by atoms with van der Waals surface area (Å²) in [6.07, 6.45) is 2.27. The summed E-state index contributed by atoms with van der Waals surface area (Å²) >= 11 is 4.96. The van der Waals surface area contributed by atoms with E-state index < -0.39 is 0 Å². The molecule has 1 fully saturated rings. The van der Waals surface area contributed by atoms with Gasteiger partial charge in [0.05, 0.1) is 5.69 Å². The fraction of sp³-hybridized carbons (Fsp3) is 0.308. The molecule has 18 heavy (non-hydrogen) atoms. The van der Waals surface area contributed by atoms with Crippen molar-refractivity contribution in [2.24, 2.45) is 5.73 Å². The van der Waals surface area contributed by atoms with Gasteiger partial charge in [-0.1, -0.05) is 24.4 Å². The fourth-order valence-electron chi connectivity index (χ4n) is 2.06. The van der Waals surface area contributed by atoms with Crippen LogP contribution in [0, 0.1) is 0 Å². The molecule has 5 heteroatoms. The lowest BCUT2D eigenvalue weighted by atomic mass is 10.1. The fourth-order valence-corrected chi connectivity index (χ4v) is 2.23. The minimum Gasteiger partial charge on any atom is -0.389 e. The lowest BCUT2D eigenvalue weighted by Crippen LogP contribution is -2.36. The molecule has 94 valence electrons. The molecule has 4 nitrogen and oxygen atoms in total. The predicted molar refractivity (Wildman–Crippen MR) is 73.3 cm³/mol. The van der Waals surface area contributed by atoms with Crippen LogP contribution in [0.1, 0.15) is 31.2 Å². The molecule has 1 aromatic rings. The minimum atomic E-state index is -0.179. The molecule has 2 N–H and O–H groups in total. The van der Waals surface area contributed by atoms with Gasteiger partial charge in [0.15, 0.2) is 0 Å². The highest BCUT2D eigenvalue weighted by Gasteiger charge is 2.27. The van der Waals surface area contributed by atoms with Gasteiger partial charge in [-0.15, -0.1) is 0 Å². The predicted octanol–water partition coefficient (Wildman–Crippen LogP) is 1.75. The summed E-state index contributed by atoms with van der Waals surface area (Å²) in [5.74, 6) is -0.359. The molecule has 1 aliphatic heterocycles. The van der Waals surface area contributed by atoms with Gasteiger partial charge < -0.3 is 5.73 Å². The lowest BCUT2D eigenvalue weighted by Gasteiger charge is -2.21. The summed E-state index contributed by atoms with van der Waals surface area (Å²) < 4.78 is 0. The molecule has 1 aromatic carbocycles. The maximum Gasteiger partial charge on any atom is 0.233 e. The van der Waals surface area contributed by atoms with Crippen LogP contribution in [0.2, 0.25) is 0 Å². The molecule has 1 aliphatic rings. The number of hydrogen-bond acceptors (Lipinski definition) is 3. The van der Waals surface area contributed by atoms with E-state index >= 15 is 0 Å². The van der Waals surface area contributed by atoms with Gasteiger partial charge in [-0.25, -0.2) is 4.90 Å². The van der Waals surface area contributed by atoms with E-state index in [1.54, 1.807) is 24.3 Å². The second-order valence-corrected chi connectivity index (χ2v) is 4.65. The molecular formula is C13H14N2O2S. The van der Waals surface area contributed by atoms with Crippen molar-refractivity contribution in [2.45, 2.75) is 25.7 Å². The van der Waals surface area contributed by atoms with Gasteiger partial charge >= 0.3 is 0 Å². The third-order valence-electron chi connectivity index (χ3n) is 2.94. The first-order chi connectivity index (χ1) is 8.61. The summed E-state index contributed by atoms with van der Waals surface area (Å²) in [6, 6.07) is 6.98. The van der Waals surface area contributed by atoms with Gasteiger partial charge in [-0.2, -0.15) is 0 Å². The van der Waals surface area contributed by atoms with E-state index in [-0.39, 0.29) is 16.8 Å². The highest BCUT2D eigenvalue weighted by molar-refractivity contribution is 7.80. The number of nitrogens with two attached hydrogens (primary N) is 1. The Balaban J connectivity index is 2.48. The third kappa shape index (κ3) is 2.41. The van der Waals surface area contributed by atoms with Crippen molar-refractivity contribution in [3.63, 3.8) is 0 Å². The van der Waals surface area contributed by atoms with Gasteiger partial charge in [-0.3, -0.25) is 9.59 Å². The Bertz CT molecular complexity index is 495. The number of amides is 2. The van der Waals surface area contributed by atoms with Crippen molar-refractivity contribution in [1.29, 1.82) is 0 Å². The van der Waals surface area contributed by atoms with Crippen LogP contribution in [0.15, 0.2) is 24.3 Å². The van der Waals surface area contributed by atoms with Crippen LogP contribution in [0.5, 0.6) is 0 Å². The Hall–Kier alpha value is -1.75. The van der Waals surface area contributed by atoms with Crippen molar-refractivity contribution in [3.05, 3.63) is 29.8 Å². The zero-order chi connectivity index (χ0) is 13.1. The molecule has 0 saturated carbocycles. The van der Waals surface area contributed by atoms with E-state index in [1.165, 1.54) is 4.90 Å². The zero-order valence-electron chi connectivity index (χ0n) is 9.89. The van der Waals surface area contributed by atoms with Crippen LogP contribution in [0.25, 0.3) is 0 Å². The van der Waals surface area contributed by atoms with Crippen LogP contribution in [0.3, 0.4) is 0 Å². The lowest BCUT2D eigenvalue weighted by molar-refractivity contribution is -0.125. The Morgan fingerprint density at radius 1 is 1.11 bits per heavy atom. The summed E-state index contributed by atoms with van der Waals surface area (Å²) in [6.45, 7) is 0. The average Bonchev–Trinajstić information content (AvgIpc) is 2.50. The van der Waals surface area contributed by atoms with Crippen molar-refractivity contribution in [3.8, 4) is 0 Å². The normalized spacial score (nSPS) is 16.6. The molecule has 2 rings (SSSR count). The largest absolute Gasteiger partial charge is 0.389 e. The number of para-hydroxylation sites is 1. The average molecular weight is 262 g/mol. The van der Waals surface area contributed by atoms with Crippen LogP contribution in [-0.4, -0.2) is 16.8 Å². The van der Waals surface area contributed by atoms with E-state index in [0.717, 1.165) is 12.8 Å². The molecule has 0 aliphatic carbocycles. The van der Waals surface area contributed by atoms with E-state index in [9.17, 15) is 9.59 Å². The number of thiocarbonyl (C=S) groups is 1. The minimum absolute atomic E-state index is 0.179. The first-order valence-electron chi connectivity index (χ1n) is 5.86. The van der Waals surface area contributed by atoms with Crippen molar-refractivity contribution < 1.29 is 9.59 Å². The Labute approximate surface area is 111 Å². The quantitative estimate of drug-likeness (QED) is 0.651. The number of anilines is 1. The Morgan fingerprint density at radius 3 is 2.22 bits per heavy atom. The van der Waals surface area contributed by atoms with Crippen LogP contribution >= 0.6 is 12.2 Å². The van der Waals surface area contributed by atoms with Gasteiger partial charge in [-0.05, 0) is 25.0 Å². The number of nitrogens with zero attached hydrogens (tertiary/aromatic N) is 1.